The zero-order valence-electron chi connectivity index (χ0n) is 10.3. The van der Waals surface area contributed by atoms with Gasteiger partial charge in [-0.15, -0.1) is 0 Å². The summed E-state index contributed by atoms with van der Waals surface area (Å²) in [5, 5.41) is 32.1. The summed E-state index contributed by atoms with van der Waals surface area (Å²) in [7, 11) is 0. The Labute approximate surface area is 101 Å². The first kappa shape index (κ1) is 20.7. The first-order valence-electron chi connectivity index (χ1n) is 4.55. The van der Waals surface area contributed by atoms with E-state index in [2.05, 4.69) is 13.2 Å². The lowest BCUT2D eigenvalue weighted by Gasteiger charge is -2.19. The smallest absolute Gasteiger partial charge is 0.327 e. The molecule has 0 unspecified atom stereocenters. The molecule has 0 rings (SSSR count). The lowest BCUT2D eigenvalue weighted by Crippen LogP contribution is -2.24. The molecule has 100 valence electrons. The summed E-state index contributed by atoms with van der Waals surface area (Å²) >= 11 is 0. The quantitative estimate of drug-likeness (QED) is 0.425. The molecule has 6 nitrogen and oxygen atoms in total. The number of carboxylic acid groups (broad SMARTS) is 2. The fraction of sp³-hybridized carbons (Fsp3) is 0.455. The Balaban J connectivity index is -0.000000177. The third-order valence-corrected chi connectivity index (χ3v) is 1.12. The zero-order valence-corrected chi connectivity index (χ0v) is 10.3. The van der Waals surface area contributed by atoms with Crippen molar-refractivity contribution in [2.75, 3.05) is 0 Å². The Morgan fingerprint density at radius 2 is 1.12 bits per heavy atom. The van der Waals surface area contributed by atoms with Crippen LogP contribution in [0.4, 0.5) is 0 Å². The Morgan fingerprint density at radius 1 is 1.00 bits per heavy atom. The third kappa shape index (κ3) is 31.4. The highest BCUT2D eigenvalue weighted by Crippen LogP contribution is 2.15. The average molecular weight is 248 g/mol. The SMILES string of the molecule is C=CC(=O)O.C=CC(=O)O.CC(C)(C)C(O)O. The van der Waals surface area contributed by atoms with Crippen LogP contribution in [0.5, 0.6) is 0 Å². The van der Waals surface area contributed by atoms with Crippen LogP contribution >= 0.6 is 0 Å². The molecule has 0 aromatic heterocycles. The molecule has 0 aliphatic carbocycles. The van der Waals surface area contributed by atoms with E-state index in [4.69, 9.17) is 20.4 Å². The fourth-order valence-electron chi connectivity index (χ4n) is 0. The molecule has 0 fully saturated rings. The van der Waals surface area contributed by atoms with Gasteiger partial charge in [-0.2, -0.15) is 0 Å². The van der Waals surface area contributed by atoms with E-state index in [1.54, 1.807) is 20.8 Å². The number of hydrogen-bond acceptors (Lipinski definition) is 4. The molecular weight excluding hydrogens is 228 g/mol. The van der Waals surface area contributed by atoms with Crippen molar-refractivity contribution in [1.82, 2.24) is 0 Å². The van der Waals surface area contributed by atoms with Gasteiger partial charge in [-0.25, -0.2) is 9.59 Å². The molecule has 0 atom stereocenters. The monoisotopic (exact) mass is 248 g/mol. The number of aliphatic carboxylic acids is 2. The average Bonchev–Trinajstić information content (AvgIpc) is 2.18. The molecule has 0 heterocycles. The largest absolute Gasteiger partial charge is 0.478 e. The van der Waals surface area contributed by atoms with Crippen molar-refractivity contribution in [3.8, 4) is 0 Å². The first-order valence-corrected chi connectivity index (χ1v) is 4.55. The molecule has 0 aromatic carbocycles. The maximum absolute atomic E-state index is 9.25. The molecule has 0 spiro atoms. The lowest BCUT2D eigenvalue weighted by molar-refractivity contribution is -0.132. The van der Waals surface area contributed by atoms with Crippen molar-refractivity contribution in [2.45, 2.75) is 27.1 Å². The summed E-state index contributed by atoms with van der Waals surface area (Å²) < 4.78 is 0. The van der Waals surface area contributed by atoms with E-state index in [9.17, 15) is 9.59 Å². The van der Waals surface area contributed by atoms with Crippen LogP contribution in [-0.4, -0.2) is 38.7 Å². The number of carboxylic acids is 2. The Kier molecular flexibility index (Phi) is 13.2. The number of rotatable bonds is 2. The van der Waals surface area contributed by atoms with Gasteiger partial charge in [-0.3, -0.25) is 0 Å². The van der Waals surface area contributed by atoms with Crippen LogP contribution < -0.4 is 0 Å². The van der Waals surface area contributed by atoms with E-state index >= 15 is 0 Å². The van der Waals surface area contributed by atoms with Crippen molar-refractivity contribution in [3.05, 3.63) is 25.3 Å². The molecule has 0 saturated carbocycles. The predicted octanol–water partition coefficient (Wildman–Crippen LogP) is 0.857. The van der Waals surface area contributed by atoms with Crippen LogP contribution in [0, 0.1) is 5.41 Å². The maximum Gasteiger partial charge on any atom is 0.327 e. The summed E-state index contributed by atoms with van der Waals surface area (Å²) in [4.78, 5) is 18.5. The predicted molar refractivity (Wildman–Crippen MR) is 63.3 cm³/mol. The van der Waals surface area contributed by atoms with Crippen molar-refractivity contribution < 1.29 is 30.0 Å². The van der Waals surface area contributed by atoms with Gasteiger partial charge in [0.2, 0.25) is 0 Å². The molecule has 0 aliphatic rings. The number of aliphatic hydroxyl groups excluding tert-OH is 1. The second-order valence-corrected chi connectivity index (χ2v) is 3.82. The standard InChI is InChI=1S/C5H12O2.2C3H4O2/c1-5(2,3)4(6)7;2*1-2-3(4)5/h4,6-7H,1-3H3;2*2H,1H2,(H,4,5). The Bertz CT molecular complexity index is 231. The van der Waals surface area contributed by atoms with Gasteiger partial charge in [0, 0.05) is 17.6 Å². The second kappa shape index (κ2) is 10.8. The third-order valence-electron chi connectivity index (χ3n) is 1.12. The van der Waals surface area contributed by atoms with Gasteiger partial charge in [-0.1, -0.05) is 33.9 Å². The minimum Gasteiger partial charge on any atom is -0.478 e. The molecule has 0 radical (unpaired) electrons. The molecule has 0 aliphatic heterocycles. The Hall–Kier alpha value is -1.66. The number of aliphatic hydroxyl groups is 2. The molecule has 4 N–H and O–H groups in total. The summed E-state index contributed by atoms with van der Waals surface area (Å²) in [5.41, 5.74) is -0.389. The fourth-order valence-corrected chi connectivity index (χ4v) is 0. The normalized spacial score (nSPS) is 9.06. The van der Waals surface area contributed by atoms with E-state index < -0.39 is 18.2 Å². The van der Waals surface area contributed by atoms with Gasteiger partial charge in [0.05, 0.1) is 0 Å². The van der Waals surface area contributed by atoms with Crippen LogP contribution in [0.1, 0.15) is 20.8 Å². The van der Waals surface area contributed by atoms with Crippen LogP contribution in [-0.2, 0) is 9.59 Å². The number of carbonyl (C=O) groups is 2. The Morgan fingerprint density at radius 3 is 1.12 bits per heavy atom. The molecule has 6 heteroatoms. The van der Waals surface area contributed by atoms with Crippen molar-refractivity contribution >= 4 is 11.9 Å². The van der Waals surface area contributed by atoms with E-state index in [0.717, 1.165) is 12.2 Å². The van der Waals surface area contributed by atoms with E-state index in [1.807, 2.05) is 0 Å². The van der Waals surface area contributed by atoms with Crippen LogP contribution in [0.15, 0.2) is 25.3 Å². The minimum atomic E-state index is -1.20. The molecule has 0 bridgehead atoms. The maximum atomic E-state index is 9.25. The van der Waals surface area contributed by atoms with Gasteiger partial charge in [0.1, 0.15) is 0 Å². The summed E-state index contributed by atoms with van der Waals surface area (Å²) in [5.74, 6) is -1.96. The van der Waals surface area contributed by atoms with Crippen molar-refractivity contribution in [2.24, 2.45) is 5.41 Å². The van der Waals surface area contributed by atoms with Crippen LogP contribution in [0.25, 0.3) is 0 Å². The minimum absolute atomic E-state index is 0.389. The van der Waals surface area contributed by atoms with Gasteiger partial charge in [0.25, 0.3) is 0 Å². The number of hydrogen-bond donors (Lipinski definition) is 4. The molecule has 0 amide bonds. The van der Waals surface area contributed by atoms with Crippen molar-refractivity contribution in [3.63, 3.8) is 0 Å². The zero-order chi connectivity index (χ0) is 14.6. The van der Waals surface area contributed by atoms with Crippen LogP contribution in [0.2, 0.25) is 0 Å². The first-order chi connectivity index (χ1) is 7.48. The molecular formula is C11H20O6. The van der Waals surface area contributed by atoms with Gasteiger partial charge >= 0.3 is 11.9 Å². The van der Waals surface area contributed by atoms with Crippen LogP contribution in [0.3, 0.4) is 0 Å². The van der Waals surface area contributed by atoms with E-state index in [-0.39, 0.29) is 5.41 Å². The highest BCUT2D eigenvalue weighted by Gasteiger charge is 2.18. The van der Waals surface area contributed by atoms with E-state index in [1.165, 1.54) is 0 Å². The highest BCUT2D eigenvalue weighted by atomic mass is 16.5. The van der Waals surface area contributed by atoms with Gasteiger partial charge in [0.15, 0.2) is 6.29 Å². The molecule has 0 saturated heterocycles. The van der Waals surface area contributed by atoms with Gasteiger partial charge in [-0.05, 0) is 0 Å². The summed E-state index contributed by atoms with van der Waals surface area (Å²) in [6, 6.07) is 0. The lowest BCUT2D eigenvalue weighted by atomic mass is 9.96. The summed E-state index contributed by atoms with van der Waals surface area (Å²) in [6.45, 7) is 11.2. The molecule has 0 aromatic rings. The van der Waals surface area contributed by atoms with E-state index in [0.29, 0.717) is 0 Å². The molecule has 17 heavy (non-hydrogen) atoms. The topological polar surface area (TPSA) is 115 Å². The van der Waals surface area contributed by atoms with Crippen molar-refractivity contribution in [1.29, 1.82) is 0 Å². The summed E-state index contributed by atoms with van der Waals surface area (Å²) in [6.07, 6.45) is 0.465. The highest BCUT2D eigenvalue weighted by molar-refractivity contribution is 5.79. The van der Waals surface area contributed by atoms with Gasteiger partial charge < -0.3 is 20.4 Å². The second-order valence-electron chi connectivity index (χ2n) is 3.82.